The maximum absolute atomic E-state index is 12.6. The highest BCUT2D eigenvalue weighted by atomic mass is 32.2. The molecule has 0 aliphatic carbocycles. The molecule has 9 heteroatoms. The molecule has 136 valence electrons. The summed E-state index contributed by atoms with van der Waals surface area (Å²) in [6.45, 7) is 3.98. The highest BCUT2D eigenvalue weighted by Gasteiger charge is 2.52. The van der Waals surface area contributed by atoms with Gasteiger partial charge in [-0.3, -0.25) is 9.59 Å². The minimum absolute atomic E-state index is 0.117. The third kappa shape index (κ3) is 5.09. The summed E-state index contributed by atoms with van der Waals surface area (Å²) in [4.78, 5) is 38.1. The molecular formula is C15H24N2O6S. The summed E-state index contributed by atoms with van der Waals surface area (Å²) in [5.41, 5.74) is 0. The minimum atomic E-state index is -0.863. The van der Waals surface area contributed by atoms with E-state index in [1.54, 1.807) is 23.6 Å². The van der Waals surface area contributed by atoms with Gasteiger partial charge in [-0.05, 0) is 25.4 Å². The van der Waals surface area contributed by atoms with Gasteiger partial charge in [0.1, 0.15) is 6.04 Å². The Kier molecular flexibility index (Phi) is 7.32. The number of esters is 1. The van der Waals surface area contributed by atoms with Gasteiger partial charge in [0.2, 0.25) is 5.91 Å². The van der Waals surface area contributed by atoms with Crippen molar-refractivity contribution in [2.75, 3.05) is 44.9 Å². The Bertz CT molecular complexity index is 469. The standard InChI is InChI=1S/C15H24N2O6S/c1-3-22-15(20)12-11(23-12)13(18)16-10(4-9-24-2)14(19)17-5-7-21-8-6-17/h10-12H,3-9H2,1-2H3,(H,16,18)/t10-,11-,12-/m0/s1. The number of carbonyl (C=O) groups is 3. The zero-order valence-electron chi connectivity index (χ0n) is 14.0. The highest BCUT2D eigenvalue weighted by molar-refractivity contribution is 7.98. The van der Waals surface area contributed by atoms with Gasteiger partial charge in [0.05, 0.1) is 19.8 Å². The third-order valence-electron chi connectivity index (χ3n) is 3.82. The topological polar surface area (TPSA) is 97.5 Å². The van der Waals surface area contributed by atoms with Crippen LogP contribution < -0.4 is 5.32 Å². The van der Waals surface area contributed by atoms with E-state index < -0.39 is 30.1 Å². The molecule has 2 aliphatic rings. The quantitative estimate of drug-likeness (QED) is 0.456. The molecule has 0 aromatic heterocycles. The number of epoxide rings is 1. The first kappa shape index (κ1) is 19.0. The molecular weight excluding hydrogens is 336 g/mol. The number of amides is 2. The van der Waals surface area contributed by atoms with E-state index in [1.807, 2.05) is 6.26 Å². The number of rotatable bonds is 8. The van der Waals surface area contributed by atoms with Crippen molar-refractivity contribution in [1.82, 2.24) is 10.2 Å². The Morgan fingerprint density at radius 3 is 2.62 bits per heavy atom. The highest BCUT2D eigenvalue weighted by Crippen LogP contribution is 2.24. The van der Waals surface area contributed by atoms with Crippen LogP contribution in [-0.2, 0) is 28.6 Å². The molecule has 1 N–H and O–H groups in total. The first-order valence-electron chi connectivity index (χ1n) is 8.06. The van der Waals surface area contributed by atoms with Gasteiger partial charge >= 0.3 is 5.97 Å². The van der Waals surface area contributed by atoms with Gasteiger partial charge in [0.25, 0.3) is 5.91 Å². The molecule has 3 atom stereocenters. The average Bonchev–Trinajstić information content (AvgIpc) is 3.40. The smallest absolute Gasteiger partial charge is 0.338 e. The number of nitrogens with zero attached hydrogens (tertiary/aromatic N) is 1. The van der Waals surface area contributed by atoms with E-state index in [0.717, 1.165) is 5.75 Å². The van der Waals surface area contributed by atoms with Crippen LogP contribution in [0.5, 0.6) is 0 Å². The second-order valence-electron chi connectivity index (χ2n) is 5.51. The van der Waals surface area contributed by atoms with Crippen LogP contribution in [0.4, 0.5) is 0 Å². The summed E-state index contributed by atoms with van der Waals surface area (Å²) < 4.78 is 15.2. The number of morpholine rings is 1. The molecule has 0 aromatic carbocycles. The van der Waals surface area contributed by atoms with Gasteiger partial charge in [0.15, 0.2) is 12.2 Å². The van der Waals surface area contributed by atoms with Crippen LogP contribution in [0, 0.1) is 0 Å². The second kappa shape index (κ2) is 9.24. The maximum Gasteiger partial charge on any atom is 0.338 e. The molecule has 2 aliphatic heterocycles. The van der Waals surface area contributed by atoms with Crippen molar-refractivity contribution in [2.24, 2.45) is 0 Å². The van der Waals surface area contributed by atoms with Gasteiger partial charge < -0.3 is 24.4 Å². The fourth-order valence-electron chi connectivity index (χ4n) is 2.47. The Morgan fingerprint density at radius 1 is 1.29 bits per heavy atom. The summed E-state index contributed by atoms with van der Waals surface area (Å²) in [6.07, 6.45) is 0.752. The first-order valence-corrected chi connectivity index (χ1v) is 9.45. The molecule has 24 heavy (non-hydrogen) atoms. The minimum Gasteiger partial charge on any atom is -0.464 e. The molecule has 0 spiro atoms. The van der Waals surface area contributed by atoms with Crippen LogP contribution >= 0.6 is 11.8 Å². The zero-order valence-corrected chi connectivity index (χ0v) is 14.8. The molecule has 2 heterocycles. The Labute approximate surface area is 145 Å². The van der Waals surface area contributed by atoms with Crippen molar-refractivity contribution in [1.29, 1.82) is 0 Å². The normalized spacial score (nSPS) is 24.2. The molecule has 0 bridgehead atoms. The predicted octanol–water partition coefficient (Wildman–Crippen LogP) is -0.586. The molecule has 8 nitrogen and oxygen atoms in total. The predicted molar refractivity (Wildman–Crippen MR) is 87.6 cm³/mol. The average molecular weight is 360 g/mol. The number of ether oxygens (including phenoxy) is 3. The van der Waals surface area contributed by atoms with Gasteiger partial charge in [-0.1, -0.05) is 0 Å². The largest absolute Gasteiger partial charge is 0.464 e. The maximum atomic E-state index is 12.6. The Balaban J connectivity index is 1.89. The van der Waals surface area contributed by atoms with Crippen LogP contribution in [0.2, 0.25) is 0 Å². The summed E-state index contributed by atoms with van der Waals surface area (Å²) in [5.74, 6) is -0.360. The lowest BCUT2D eigenvalue weighted by molar-refractivity contribution is -0.144. The van der Waals surface area contributed by atoms with E-state index in [9.17, 15) is 14.4 Å². The third-order valence-corrected chi connectivity index (χ3v) is 4.46. The summed E-state index contributed by atoms with van der Waals surface area (Å²) in [6, 6.07) is -0.616. The first-order chi connectivity index (χ1) is 11.6. The van der Waals surface area contributed by atoms with E-state index >= 15 is 0 Å². The molecule has 2 fully saturated rings. The van der Waals surface area contributed by atoms with Crippen LogP contribution in [0.25, 0.3) is 0 Å². The fourth-order valence-corrected chi connectivity index (χ4v) is 2.94. The fraction of sp³-hybridized carbons (Fsp3) is 0.800. The van der Waals surface area contributed by atoms with E-state index in [1.165, 1.54) is 0 Å². The van der Waals surface area contributed by atoms with Gasteiger partial charge in [-0.15, -0.1) is 0 Å². The number of thioether (sulfide) groups is 1. The lowest BCUT2D eigenvalue weighted by Gasteiger charge is -2.30. The van der Waals surface area contributed by atoms with Crippen molar-refractivity contribution in [3.63, 3.8) is 0 Å². The van der Waals surface area contributed by atoms with Crippen LogP contribution in [0.1, 0.15) is 13.3 Å². The molecule has 2 saturated heterocycles. The summed E-state index contributed by atoms with van der Waals surface area (Å²) >= 11 is 1.61. The monoisotopic (exact) mass is 360 g/mol. The number of nitrogens with one attached hydrogen (secondary N) is 1. The van der Waals surface area contributed by atoms with Crippen molar-refractivity contribution in [3.05, 3.63) is 0 Å². The van der Waals surface area contributed by atoms with Crippen LogP contribution in [0.3, 0.4) is 0 Å². The molecule has 0 aromatic rings. The second-order valence-corrected chi connectivity index (χ2v) is 6.50. The SMILES string of the molecule is CCOC(=O)[C@H]1O[C@@H]1C(=O)N[C@@H](CCSC)C(=O)N1CCOCC1. The Morgan fingerprint density at radius 2 is 2.00 bits per heavy atom. The lowest BCUT2D eigenvalue weighted by atomic mass is 10.1. The summed E-state index contributed by atoms with van der Waals surface area (Å²) in [5, 5.41) is 2.72. The van der Waals surface area contributed by atoms with Crippen molar-refractivity contribution >= 4 is 29.5 Å². The number of carbonyl (C=O) groups excluding carboxylic acids is 3. The number of hydrogen-bond acceptors (Lipinski definition) is 7. The van der Waals surface area contributed by atoms with E-state index in [0.29, 0.717) is 32.7 Å². The van der Waals surface area contributed by atoms with Crippen molar-refractivity contribution in [3.8, 4) is 0 Å². The van der Waals surface area contributed by atoms with Crippen molar-refractivity contribution < 1.29 is 28.6 Å². The molecule has 2 rings (SSSR count). The van der Waals surface area contributed by atoms with Crippen molar-refractivity contribution in [2.45, 2.75) is 31.6 Å². The van der Waals surface area contributed by atoms with E-state index in [2.05, 4.69) is 5.32 Å². The summed E-state index contributed by atoms with van der Waals surface area (Å²) in [7, 11) is 0. The molecule has 0 saturated carbocycles. The van der Waals surface area contributed by atoms with E-state index in [-0.39, 0.29) is 12.5 Å². The van der Waals surface area contributed by atoms with Crippen LogP contribution in [0.15, 0.2) is 0 Å². The van der Waals surface area contributed by atoms with Gasteiger partial charge in [-0.2, -0.15) is 11.8 Å². The zero-order chi connectivity index (χ0) is 17.5. The van der Waals surface area contributed by atoms with Gasteiger partial charge in [0, 0.05) is 13.1 Å². The molecule has 0 unspecified atom stereocenters. The van der Waals surface area contributed by atoms with E-state index in [4.69, 9.17) is 14.2 Å². The Hall–Kier alpha value is -1.32. The van der Waals surface area contributed by atoms with Gasteiger partial charge in [-0.25, -0.2) is 4.79 Å². The lowest BCUT2D eigenvalue weighted by Crippen LogP contribution is -2.52. The molecule has 0 radical (unpaired) electrons. The number of hydrogen-bond donors (Lipinski definition) is 1. The van der Waals surface area contributed by atoms with Crippen LogP contribution in [-0.4, -0.2) is 85.9 Å². The molecule has 2 amide bonds.